The molecule has 1 amide bonds. The third-order valence-corrected chi connectivity index (χ3v) is 5.92. The van der Waals surface area contributed by atoms with Gasteiger partial charge in [0.1, 0.15) is 0 Å². The van der Waals surface area contributed by atoms with Gasteiger partial charge in [0.25, 0.3) is 5.91 Å². The second-order valence-electron chi connectivity index (χ2n) is 5.56. The van der Waals surface area contributed by atoms with Crippen molar-refractivity contribution in [3.05, 3.63) is 52.9 Å². The van der Waals surface area contributed by atoms with Crippen LogP contribution in [-0.4, -0.2) is 30.2 Å². The summed E-state index contributed by atoms with van der Waals surface area (Å²) in [5.41, 5.74) is 1.65. The Kier molecular flexibility index (Phi) is 6.46. The summed E-state index contributed by atoms with van der Waals surface area (Å²) in [5.74, 6) is 1.20. The lowest BCUT2D eigenvalue weighted by Gasteiger charge is -2.15. The molecule has 0 unspecified atom stereocenters. The van der Waals surface area contributed by atoms with E-state index in [4.69, 9.17) is 21.7 Å². The van der Waals surface area contributed by atoms with Gasteiger partial charge in [-0.25, -0.2) is 0 Å². The Morgan fingerprint density at radius 3 is 2.74 bits per heavy atom. The highest BCUT2D eigenvalue weighted by atomic mass is 32.2. The summed E-state index contributed by atoms with van der Waals surface area (Å²) < 4.78 is 11.5. The lowest BCUT2D eigenvalue weighted by Crippen LogP contribution is -2.27. The fourth-order valence-corrected chi connectivity index (χ4v) is 4.39. The Morgan fingerprint density at radius 1 is 1.22 bits per heavy atom. The van der Waals surface area contributed by atoms with Crippen LogP contribution in [0.15, 0.2) is 52.3 Å². The van der Waals surface area contributed by atoms with Gasteiger partial charge in [-0.2, -0.15) is 0 Å². The molecule has 0 atom stereocenters. The van der Waals surface area contributed by atoms with Crippen LogP contribution in [0.4, 0.5) is 5.69 Å². The maximum Gasteiger partial charge on any atom is 0.270 e. The van der Waals surface area contributed by atoms with Gasteiger partial charge in [-0.3, -0.25) is 9.69 Å². The van der Waals surface area contributed by atoms with E-state index >= 15 is 0 Å². The van der Waals surface area contributed by atoms with Crippen LogP contribution in [0.25, 0.3) is 6.08 Å². The van der Waals surface area contributed by atoms with Gasteiger partial charge in [-0.05, 0) is 55.2 Å². The fourth-order valence-electron chi connectivity index (χ4n) is 2.64. The van der Waals surface area contributed by atoms with Crippen LogP contribution >= 0.6 is 35.7 Å². The Labute approximate surface area is 172 Å². The van der Waals surface area contributed by atoms with Crippen molar-refractivity contribution in [2.45, 2.75) is 11.8 Å². The Bertz CT molecular complexity index is 911. The van der Waals surface area contributed by atoms with E-state index in [-0.39, 0.29) is 5.91 Å². The average Bonchev–Trinajstić information content (AvgIpc) is 2.95. The van der Waals surface area contributed by atoms with Crippen molar-refractivity contribution < 1.29 is 14.3 Å². The van der Waals surface area contributed by atoms with Gasteiger partial charge in [-0.1, -0.05) is 36.1 Å². The van der Waals surface area contributed by atoms with Gasteiger partial charge in [0.15, 0.2) is 15.8 Å². The summed E-state index contributed by atoms with van der Waals surface area (Å²) in [7, 11) is 1.60. The maximum atomic E-state index is 12.9. The van der Waals surface area contributed by atoms with Gasteiger partial charge in [0.05, 0.1) is 24.3 Å². The highest BCUT2D eigenvalue weighted by Gasteiger charge is 2.33. The standard InChI is InChI=1S/C20H19NO3S3/c1-4-24-17-10-13(8-9-16(17)23-2)11-18-19(22)21(20(25)27-18)14-6-5-7-15(12-14)26-3/h5-12H,4H2,1-3H3/b18-11+. The summed E-state index contributed by atoms with van der Waals surface area (Å²) in [6, 6.07) is 13.4. The number of amides is 1. The molecule has 2 aromatic rings. The molecule has 1 heterocycles. The number of thiocarbonyl (C=S) groups is 1. The molecule has 1 fully saturated rings. The van der Waals surface area contributed by atoms with Gasteiger partial charge in [-0.15, -0.1) is 11.8 Å². The molecule has 2 aromatic carbocycles. The lowest BCUT2D eigenvalue weighted by atomic mass is 10.2. The minimum absolute atomic E-state index is 0.114. The smallest absolute Gasteiger partial charge is 0.270 e. The normalized spacial score (nSPS) is 15.5. The van der Waals surface area contributed by atoms with Crippen molar-refractivity contribution in [3.8, 4) is 11.5 Å². The quantitative estimate of drug-likeness (QED) is 0.364. The third-order valence-electron chi connectivity index (χ3n) is 3.89. The first kappa shape index (κ1) is 19.8. The van der Waals surface area contributed by atoms with E-state index in [1.807, 2.05) is 61.7 Å². The molecule has 0 spiro atoms. The largest absolute Gasteiger partial charge is 0.493 e. The monoisotopic (exact) mass is 417 g/mol. The number of rotatable bonds is 6. The van der Waals surface area contributed by atoms with Crippen LogP contribution < -0.4 is 14.4 Å². The van der Waals surface area contributed by atoms with Crippen molar-refractivity contribution in [1.82, 2.24) is 0 Å². The number of methoxy groups -OCH3 is 1. The number of carbonyl (C=O) groups is 1. The summed E-state index contributed by atoms with van der Waals surface area (Å²) in [4.78, 5) is 16.2. The van der Waals surface area contributed by atoms with Crippen molar-refractivity contribution in [1.29, 1.82) is 0 Å². The lowest BCUT2D eigenvalue weighted by molar-refractivity contribution is -0.113. The minimum Gasteiger partial charge on any atom is -0.493 e. The molecule has 0 aromatic heterocycles. The number of hydrogen-bond acceptors (Lipinski definition) is 6. The van der Waals surface area contributed by atoms with Crippen molar-refractivity contribution in [3.63, 3.8) is 0 Å². The van der Waals surface area contributed by atoms with Crippen LogP contribution in [0.3, 0.4) is 0 Å². The molecule has 140 valence electrons. The molecule has 0 radical (unpaired) electrons. The van der Waals surface area contributed by atoms with Crippen LogP contribution in [0.5, 0.6) is 11.5 Å². The summed E-state index contributed by atoms with van der Waals surface area (Å²) in [6.07, 6.45) is 3.84. The molecule has 0 bridgehead atoms. The number of benzene rings is 2. The van der Waals surface area contributed by atoms with E-state index in [0.29, 0.717) is 27.3 Å². The van der Waals surface area contributed by atoms with E-state index in [0.717, 1.165) is 16.1 Å². The Hall–Kier alpha value is -1.96. The first-order valence-corrected chi connectivity index (χ1v) is 10.7. The molecule has 0 saturated carbocycles. The maximum absolute atomic E-state index is 12.9. The van der Waals surface area contributed by atoms with Crippen LogP contribution in [0.1, 0.15) is 12.5 Å². The highest BCUT2D eigenvalue weighted by molar-refractivity contribution is 8.27. The zero-order chi connectivity index (χ0) is 19.4. The van der Waals surface area contributed by atoms with E-state index in [1.54, 1.807) is 23.8 Å². The number of carbonyl (C=O) groups excluding carboxylic acids is 1. The first-order valence-electron chi connectivity index (χ1n) is 8.30. The number of thioether (sulfide) groups is 2. The van der Waals surface area contributed by atoms with E-state index < -0.39 is 0 Å². The molecule has 1 aliphatic heterocycles. The first-order chi connectivity index (χ1) is 13.1. The van der Waals surface area contributed by atoms with Crippen LogP contribution in [-0.2, 0) is 4.79 Å². The van der Waals surface area contributed by atoms with Crippen molar-refractivity contribution >= 4 is 57.7 Å². The van der Waals surface area contributed by atoms with E-state index in [9.17, 15) is 4.79 Å². The molecule has 1 aliphatic rings. The Balaban J connectivity index is 1.91. The molecule has 0 aliphatic carbocycles. The number of hydrogen-bond donors (Lipinski definition) is 0. The second-order valence-corrected chi connectivity index (χ2v) is 8.12. The van der Waals surface area contributed by atoms with E-state index in [1.165, 1.54) is 11.8 Å². The average molecular weight is 418 g/mol. The summed E-state index contributed by atoms with van der Waals surface area (Å²) in [6.45, 7) is 2.45. The number of anilines is 1. The van der Waals surface area contributed by atoms with Gasteiger partial charge >= 0.3 is 0 Å². The third kappa shape index (κ3) is 4.31. The zero-order valence-electron chi connectivity index (χ0n) is 15.2. The molecule has 1 saturated heterocycles. The predicted molar refractivity (Wildman–Crippen MR) is 118 cm³/mol. The minimum atomic E-state index is -0.114. The zero-order valence-corrected chi connectivity index (χ0v) is 17.7. The van der Waals surface area contributed by atoms with E-state index in [2.05, 4.69) is 0 Å². The SMILES string of the molecule is CCOc1cc(/C=C2/SC(=S)N(c3cccc(SC)c3)C2=O)ccc1OC. The molecular formula is C20H19NO3S3. The number of nitrogens with zero attached hydrogens (tertiary/aromatic N) is 1. The molecule has 4 nitrogen and oxygen atoms in total. The van der Waals surface area contributed by atoms with Gasteiger partial charge in [0.2, 0.25) is 0 Å². The van der Waals surface area contributed by atoms with Crippen LogP contribution in [0, 0.1) is 0 Å². The molecule has 7 heteroatoms. The Morgan fingerprint density at radius 2 is 2.04 bits per heavy atom. The predicted octanol–water partition coefficient (Wildman–Crippen LogP) is 5.22. The van der Waals surface area contributed by atoms with Crippen LogP contribution in [0.2, 0.25) is 0 Å². The highest BCUT2D eigenvalue weighted by Crippen LogP contribution is 2.38. The molecule has 3 rings (SSSR count). The molecule has 0 N–H and O–H groups in total. The van der Waals surface area contributed by atoms with Crippen molar-refractivity contribution in [2.24, 2.45) is 0 Å². The molecular weight excluding hydrogens is 398 g/mol. The topological polar surface area (TPSA) is 38.8 Å². The fraction of sp³-hybridized carbons (Fsp3) is 0.200. The van der Waals surface area contributed by atoms with Crippen molar-refractivity contribution in [2.75, 3.05) is 24.9 Å². The summed E-state index contributed by atoms with van der Waals surface area (Å²) >= 11 is 8.39. The number of ether oxygens (including phenoxy) is 2. The van der Waals surface area contributed by atoms with Gasteiger partial charge < -0.3 is 9.47 Å². The second kappa shape index (κ2) is 8.82. The summed E-state index contributed by atoms with van der Waals surface area (Å²) in [5, 5.41) is 0. The molecule has 27 heavy (non-hydrogen) atoms. The van der Waals surface area contributed by atoms with Gasteiger partial charge in [0, 0.05) is 4.90 Å².